The van der Waals surface area contributed by atoms with Crippen LogP contribution >= 0.6 is 11.6 Å². The second-order valence-electron chi connectivity index (χ2n) is 6.09. The van der Waals surface area contributed by atoms with E-state index in [9.17, 15) is 9.59 Å². The Morgan fingerprint density at radius 3 is 2.08 bits per heavy atom. The minimum Gasteiger partial charge on any atom is -0.325 e. The summed E-state index contributed by atoms with van der Waals surface area (Å²) in [6, 6.07) is 14.4. The van der Waals surface area contributed by atoms with Gasteiger partial charge in [-0.25, -0.2) is 0 Å². The van der Waals surface area contributed by atoms with Crippen LogP contribution in [0.4, 0.5) is 11.4 Å². The van der Waals surface area contributed by atoms with Gasteiger partial charge in [-0.15, -0.1) is 0 Å². The van der Waals surface area contributed by atoms with Crippen molar-refractivity contribution in [2.24, 2.45) is 5.41 Å². The molecule has 0 spiro atoms. The van der Waals surface area contributed by atoms with E-state index in [-0.39, 0.29) is 5.91 Å². The average molecular weight is 345 g/mol. The van der Waals surface area contributed by atoms with Crippen molar-refractivity contribution in [2.45, 2.75) is 27.2 Å². The lowest BCUT2D eigenvalue weighted by molar-refractivity contribution is -0.135. The molecule has 0 saturated heterocycles. The van der Waals surface area contributed by atoms with Crippen molar-refractivity contribution in [1.82, 2.24) is 0 Å². The topological polar surface area (TPSA) is 58.2 Å². The number of amides is 2. The largest absolute Gasteiger partial charge is 0.325 e. The molecule has 2 N–H and O–H groups in total. The number of hydrogen-bond acceptors (Lipinski definition) is 2. The quantitative estimate of drug-likeness (QED) is 0.784. The molecule has 0 aliphatic rings. The van der Waals surface area contributed by atoms with E-state index in [1.54, 1.807) is 38.1 Å². The maximum atomic E-state index is 12.5. The summed E-state index contributed by atoms with van der Waals surface area (Å²) in [6.45, 7) is 5.24. The summed E-state index contributed by atoms with van der Waals surface area (Å²) in [6.07, 6.45) is 0.932. The molecule has 24 heavy (non-hydrogen) atoms. The first-order valence-corrected chi connectivity index (χ1v) is 8.18. The highest BCUT2D eigenvalue weighted by Gasteiger charge is 2.36. The predicted molar refractivity (Wildman–Crippen MR) is 98.3 cm³/mol. The number of anilines is 2. The fraction of sp³-hybridized carbons (Fsp3) is 0.263. The van der Waals surface area contributed by atoms with E-state index >= 15 is 0 Å². The van der Waals surface area contributed by atoms with Crippen LogP contribution in [0.15, 0.2) is 48.5 Å². The fourth-order valence-electron chi connectivity index (χ4n) is 2.07. The Balaban J connectivity index is 2.06. The molecule has 0 saturated carbocycles. The van der Waals surface area contributed by atoms with Crippen LogP contribution < -0.4 is 10.6 Å². The lowest BCUT2D eigenvalue weighted by atomic mass is 9.90. The van der Waals surface area contributed by atoms with Gasteiger partial charge in [-0.05, 0) is 56.2 Å². The van der Waals surface area contributed by atoms with Gasteiger partial charge < -0.3 is 10.6 Å². The van der Waals surface area contributed by atoms with E-state index in [0.29, 0.717) is 16.4 Å². The monoisotopic (exact) mass is 344 g/mol. The van der Waals surface area contributed by atoms with Crippen molar-refractivity contribution in [3.63, 3.8) is 0 Å². The molecule has 4 nitrogen and oxygen atoms in total. The number of carbonyl (C=O) groups is 2. The van der Waals surface area contributed by atoms with Crippen molar-refractivity contribution >= 4 is 34.8 Å². The van der Waals surface area contributed by atoms with Crippen LogP contribution in [-0.4, -0.2) is 11.8 Å². The third-order valence-corrected chi connectivity index (χ3v) is 4.07. The first-order valence-electron chi connectivity index (χ1n) is 7.80. The Labute approximate surface area is 147 Å². The van der Waals surface area contributed by atoms with Gasteiger partial charge in [0.15, 0.2) is 0 Å². The molecule has 0 atom stereocenters. The van der Waals surface area contributed by atoms with E-state index in [2.05, 4.69) is 17.6 Å². The molecule has 0 unspecified atom stereocenters. The van der Waals surface area contributed by atoms with E-state index < -0.39 is 11.3 Å². The molecule has 2 aromatic carbocycles. The Kier molecular flexibility index (Phi) is 5.62. The molecule has 0 aliphatic carbocycles. The molecule has 5 heteroatoms. The standard InChI is InChI=1S/C19H21ClN2O2/c1-4-13-8-10-15(11-9-13)21-17(23)19(2,3)18(24)22-16-7-5-6-14(20)12-16/h5-12H,4H2,1-3H3,(H,21,23)(H,22,24). The number of benzene rings is 2. The van der Waals surface area contributed by atoms with Crippen molar-refractivity contribution < 1.29 is 9.59 Å². The maximum absolute atomic E-state index is 12.5. The molecule has 0 aromatic heterocycles. The van der Waals surface area contributed by atoms with Crippen LogP contribution in [-0.2, 0) is 16.0 Å². The smallest absolute Gasteiger partial charge is 0.239 e. The summed E-state index contributed by atoms with van der Waals surface area (Å²) in [5.74, 6) is -0.765. The van der Waals surface area contributed by atoms with Gasteiger partial charge in [-0.2, -0.15) is 0 Å². The van der Waals surface area contributed by atoms with Gasteiger partial charge >= 0.3 is 0 Å². The van der Waals surface area contributed by atoms with Gasteiger partial charge in [0.1, 0.15) is 5.41 Å². The Morgan fingerprint density at radius 1 is 0.958 bits per heavy atom. The molecule has 2 rings (SSSR count). The summed E-state index contributed by atoms with van der Waals surface area (Å²) in [5.41, 5.74) is 1.18. The van der Waals surface area contributed by atoms with Crippen LogP contribution in [0, 0.1) is 5.41 Å². The summed E-state index contributed by atoms with van der Waals surface area (Å²) in [7, 11) is 0. The van der Waals surface area contributed by atoms with Gasteiger partial charge in [0, 0.05) is 16.4 Å². The molecular formula is C19H21ClN2O2. The lowest BCUT2D eigenvalue weighted by Gasteiger charge is -2.23. The molecule has 2 amide bonds. The van der Waals surface area contributed by atoms with Gasteiger partial charge in [0.2, 0.25) is 11.8 Å². The van der Waals surface area contributed by atoms with Gasteiger partial charge in [0.25, 0.3) is 0 Å². The number of carbonyl (C=O) groups excluding carboxylic acids is 2. The molecule has 126 valence electrons. The predicted octanol–water partition coefficient (Wildman–Crippen LogP) is 4.51. The van der Waals surface area contributed by atoms with Gasteiger partial charge in [0.05, 0.1) is 0 Å². The molecule has 0 fully saturated rings. The van der Waals surface area contributed by atoms with Crippen LogP contribution in [0.5, 0.6) is 0 Å². The second-order valence-corrected chi connectivity index (χ2v) is 6.53. The number of halogens is 1. The number of nitrogens with one attached hydrogen (secondary N) is 2. The Hall–Kier alpha value is -2.33. The summed E-state index contributed by atoms with van der Waals surface area (Å²) in [4.78, 5) is 25.0. The van der Waals surface area contributed by atoms with Crippen molar-refractivity contribution in [3.8, 4) is 0 Å². The normalized spacial score (nSPS) is 11.0. The molecule has 0 radical (unpaired) electrons. The fourth-order valence-corrected chi connectivity index (χ4v) is 2.26. The SMILES string of the molecule is CCc1ccc(NC(=O)C(C)(C)C(=O)Nc2cccc(Cl)c2)cc1. The first-order chi connectivity index (χ1) is 11.3. The molecule has 2 aromatic rings. The van der Waals surface area contributed by atoms with Crippen molar-refractivity contribution in [3.05, 3.63) is 59.1 Å². The maximum Gasteiger partial charge on any atom is 0.239 e. The zero-order chi connectivity index (χ0) is 17.7. The summed E-state index contributed by atoms with van der Waals surface area (Å²) >= 11 is 5.91. The molecule has 0 bridgehead atoms. The highest BCUT2D eigenvalue weighted by Crippen LogP contribution is 2.23. The third kappa shape index (κ3) is 4.36. The highest BCUT2D eigenvalue weighted by molar-refractivity contribution is 6.31. The zero-order valence-electron chi connectivity index (χ0n) is 14.0. The minimum absolute atomic E-state index is 0.369. The minimum atomic E-state index is -1.23. The van der Waals surface area contributed by atoms with Crippen molar-refractivity contribution in [1.29, 1.82) is 0 Å². The van der Waals surface area contributed by atoms with Crippen LogP contribution in [0.3, 0.4) is 0 Å². The molecular weight excluding hydrogens is 324 g/mol. The van der Waals surface area contributed by atoms with E-state index in [0.717, 1.165) is 6.42 Å². The summed E-state index contributed by atoms with van der Waals surface area (Å²) in [5, 5.41) is 6.03. The summed E-state index contributed by atoms with van der Waals surface area (Å²) < 4.78 is 0. The number of hydrogen-bond donors (Lipinski definition) is 2. The van der Waals surface area contributed by atoms with Crippen LogP contribution in [0.25, 0.3) is 0 Å². The third-order valence-electron chi connectivity index (χ3n) is 3.84. The second kappa shape index (κ2) is 7.49. The Morgan fingerprint density at radius 2 is 1.54 bits per heavy atom. The zero-order valence-corrected chi connectivity index (χ0v) is 14.8. The number of aryl methyl sites for hydroxylation is 1. The van der Waals surface area contributed by atoms with E-state index in [1.807, 2.05) is 24.3 Å². The van der Waals surface area contributed by atoms with E-state index in [4.69, 9.17) is 11.6 Å². The average Bonchev–Trinajstić information content (AvgIpc) is 2.55. The first kappa shape index (κ1) is 18.0. The Bertz CT molecular complexity index is 739. The van der Waals surface area contributed by atoms with Gasteiger partial charge in [-0.3, -0.25) is 9.59 Å². The number of rotatable bonds is 5. The molecule has 0 heterocycles. The van der Waals surface area contributed by atoms with Crippen LogP contribution in [0.2, 0.25) is 5.02 Å². The van der Waals surface area contributed by atoms with Gasteiger partial charge in [-0.1, -0.05) is 36.7 Å². The van der Waals surface area contributed by atoms with Crippen molar-refractivity contribution in [2.75, 3.05) is 10.6 Å². The van der Waals surface area contributed by atoms with E-state index in [1.165, 1.54) is 5.56 Å². The lowest BCUT2D eigenvalue weighted by Crippen LogP contribution is -2.41. The highest BCUT2D eigenvalue weighted by atomic mass is 35.5. The molecule has 0 aliphatic heterocycles. The van der Waals surface area contributed by atoms with Crippen LogP contribution in [0.1, 0.15) is 26.3 Å².